The Kier molecular flexibility index (Phi) is 7.29. The first-order chi connectivity index (χ1) is 12.9. The number of rotatable bonds is 6. The monoisotopic (exact) mass is 433 g/mol. The first kappa shape index (κ1) is 24.7. The van der Waals surface area contributed by atoms with Gasteiger partial charge < -0.3 is 19.0 Å². The fourth-order valence-corrected chi connectivity index (χ4v) is 2.61. The van der Waals surface area contributed by atoms with Crippen LogP contribution >= 0.6 is 0 Å². The van der Waals surface area contributed by atoms with Gasteiger partial charge in [0.25, 0.3) is 0 Å². The van der Waals surface area contributed by atoms with Crippen molar-refractivity contribution in [3.05, 3.63) is 29.8 Å². The Morgan fingerprint density at radius 2 is 1.41 bits per heavy atom. The molecule has 0 radical (unpaired) electrons. The molecule has 1 atom stereocenters. The first-order valence-electron chi connectivity index (χ1n) is 8.86. The predicted molar refractivity (Wildman–Crippen MR) is 104 cm³/mol. The smallest absolute Gasteiger partial charge is 0.458 e. The van der Waals surface area contributed by atoms with Crippen LogP contribution in [0.4, 0.5) is 8.68 Å². The lowest BCUT2D eigenvalue weighted by atomic mass is 9.92. The molecule has 0 aliphatic carbocycles. The molecule has 0 saturated heterocycles. The normalized spacial score (nSPS) is 14.5. The van der Waals surface area contributed by atoms with Crippen molar-refractivity contribution in [2.45, 2.75) is 71.6 Å². The van der Waals surface area contributed by atoms with E-state index in [0.29, 0.717) is 5.56 Å². The van der Waals surface area contributed by atoms with E-state index in [-0.39, 0.29) is 12.2 Å². The highest BCUT2D eigenvalue weighted by molar-refractivity contribution is 7.81. The highest BCUT2D eigenvalue weighted by Gasteiger charge is 2.40. The number of ether oxygens (including phenoxy) is 2. The van der Waals surface area contributed by atoms with Crippen molar-refractivity contribution >= 4 is 22.6 Å². The lowest BCUT2D eigenvalue weighted by Gasteiger charge is -2.33. The highest BCUT2D eigenvalue weighted by atomic mass is 32.3. The van der Waals surface area contributed by atoms with Gasteiger partial charge in [-0.25, -0.2) is 9.59 Å². The van der Waals surface area contributed by atoms with Crippen molar-refractivity contribution in [2.75, 3.05) is 0 Å². The van der Waals surface area contributed by atoms with Crippen molar-refractivity contribution in [1.82, 2.24) is 5.32 Å². The molecule has 0 aliphatic heterocycles. The third-order valence-corrected chi connectivity index (χ3v) is 3.69. The Bertz CT molecular complexity index is 839. The fourth-order valence-electron chi connectivity index (χ4n) is 2.27. The lowest BCUT2D eigenvalue weighted by molar-refractivity contribution is -0.162. The van der Waals surface area contributed by atoms with E-state index in [2.05, 4.69) is 9.50 Å². The largest absolute Gasteiger partial charge is 0.488 e. The molecule has 0 fully saturated rings. The predicted octanol–water partition coefficient (Wildman–Crippen LogP) is 3.45. The van der Waals surface area contributed by atoms with Crippen LogP contribution < -0.4 is 9.50 Å². The highest BCUT2D eigenvalue weighted by Crippen LogP contribution is 2.22. The van der Waals surface area contributed by atoms with Crippen molar-refractivity contribution in [1.29, 1.82) is 0 Å². The molecule has 0 aromatic heterocycles. The van der Waals surface area contributed by atoms with E-state index >= 15 is 0 Å². The Labute approximate surface area is 171 Å². The zero-order valence-corrected chi connectivity index (χ0v) is 18.5. The molecule has 10 heteroatoms. The molecule has 1 aromatic rings. The van der Waals surface area contributed by atoms with Crippen LogP contribution in [0.25, 0.3) is 0 Å². The van der Waals surface area contributed by atoms with Gasteiger partial charge in [-0.2, -0.15) is 8.42 Å². The number of carbonyl (C=O) groups is 2. The summed E-state index contributed by atoms with van der Waals surface area (Å²) in [4.78, 5) is 25.1. The second-order valence-electron chi connectivity index (χ2n) is 8.76. The number of hydrogen-bond acceptors (Lipinski definition) is 7. The Balaban J connectivity index is 3.10. The molecule has 1 amide bonds. The number of hydrogen-bond donors (Lipinski definition) is 1. The molecule has 164 valence electrons. The van der Waals surface area contributed by atoms with Gasteiger partial charge in [0, 0.05) is 6.42 Å². The van der Waals surface area contributed by atoms with E-state index < -0.39 is 39.3 Å². The maximum atomic E-state index is 12.8. The van der Waals surface area contributed by atoms with Crippen LogP contribution in [-0.2, 0) is 31.2 Å². The molecule has 1 rings (SSSR count). The summed E-state index contributed by atoms with van der Waals surface area (Å²) < 4.78 is 48.6. The molecule has 0 bridgehead atoms. The molecule has 0 heterocycles. The minimum atomic E-state index is -5.14. The van der Waals surface area contributed by atoms with E-state index in [4.69, 9.17) is 9.47 Å². The second-order valence-corrected chi connectivity index (χ2v) is 9.71. The number of amides is 1. The molecular formula is C19H28FNO7S. The number of benzene rings is 1. The molecule has 0 saturated carbocycles. The minimum Gasteiger partial charge on any atom is -0.458 e. The van der Waals surface area contributed by atoms with Gasteiger partial charge in [-0.15, -0.1) is 0 Å². The quantitative estimate of drug-likeness (QED) is 0.541. The molecule has 1 N–H and O–H groups in total. The fraction of sp³-hybridized carbons (Fsp3) is 0.579. The molecule has 29 heavy (non-hydrogen) atoms. The van der Waals surface area contributed by atoms with Crippen LogP contribution in [0.15, 0.2) is 24.3 Å². The summed E-state index contributed by atoms with van der Waals surface area (Å²) in [5.74, 6) is -0.905. The third-order valence-electron chi connectivity index (χ3n) is 3.30. The van der Waals surface area contributed by atoms with Gasteiger partial charge in [0.15, 0.2) is 0 Å². The van der Waals surface area contributed by atoms with E-state index in [0.717, 1.165) is 0 Å². The Morgan fingerprint density at radius 1 is 0.931 bits per heavy atom. The number of carbonyl (C=O) groups excluding carboxylic acids is 2. The number of alkyl carbamates (subject to hydrolysis) is 1. The lowest BCUT2D eigenvalue weighted by Crippen LogP contribution is -2.56. The molecular weight excluding hydrogens is 405 g/mol. The summed E-state index contributed by atoms with van der Waals surface area (Å²) in [5, 5.41) is 2.55. The number of halogens is 1. The molecule has 1 aromatic carbocycles. The standard InChI is InChI=1S/C19H28FNO7S/c1-17(2,3)26-15(22)19(7,21-16(23)27-18(4,5)6)12-13-8-10-14(11-9-13)28-29(20,24)25/h8-11H,12H2,1-7H3,(H,21,23). The topological polar surface area (TPSA) is 108 Å². The average Bonchev–Trinajstić information content (AvgIpc) is 2.43. The summed E-state index contributed by atoms with van der Waals surface area (Å²) in [7, 11) is -5.14. The van der Waals surface area contributed by atoms with Gasteiger partial charge in [0.05, 0.1) is 0 Å². The summed E-state index contributed by atoms with van der Waals surface area (Å²) in [6.45, 7) is 11.6. The van der Waals surface area contributed by atoms with Crippen molar-refractivity contribution < 1.29 is 35.5 Å². The van der Waals surface area contributed by atoms with Crippen molar-refractivity contribution in [3.63, 3.8) is 0 Å². The summed E-state index contributed by atoms with van der Waals surface area (Å²) in [6.07, 6.45) is -0.793. The van der Waals surface area contributed by atoms with Gasteiger partial charge in [0.2, 0.25) is 0 Å². The van der Waals surface area contributed by atoms with Gasteiger partial charge in [-0.1, -0.05) is 16.0 Å². The van der Waals surface area contributed by atoms with Crippen molar-refractivity contribution in [3.8, 4) is 5.75 Å². The minimum absolute atomic E-state index is 0.00378. The molecule has 1 unspecified atom stereocenters. The average molecular weight is 433 g/mol. The zero-order valence-electron chi connectivity index (χ0n) is 17.7. The molecule has 0 aliphatic rings. The van der Waals surface area contributed by atoms with E-state index in [1.54, 1.807) is 41.5 Å². The number of esters is 1. The summed E-state index contributed by atoms with van der Waals surface area (Å²) in [5.41, 5.74) is -2.50. The van der Waals surface area contributed by atoms with Gasteiger partial charge in [0.1, 0.15) is 22.5 Å². The molecule has 0 spiro atoms. The van der Waals surface area contributed by atoms with Crippen molar-refractivity contribution in [2.24, 2.45) is 0 Å². The summed E-state index contributed by atoms with van der Waals surface area (Å²) in [6, 6.07) is 5.35. The van der Waals surface area contributed by atoms with E-state index in [1.165, 1.54) is 31.2 Å². The van der Waals surface area contributed by atoms with Crippen LogP contribution in [0.1, 0.15) is 54.0 Å². The molecule has 8 nitrogen and oxygen atoms in total. The Hall–Kier alpha value is -2.36. The van der Waals surface area contributed by atoms with Crippen LogP contribution in [-0.4, -0.2) is 37.2 Å². The zero-order chi connectivity index (χ0) is 22.7. The third kappa shape index (κ3) is 9.60. The van der Waals surface area contributed by atoms with Crippen LogP contribution in [0.3, 0.4) is 0 Å². The van der Waals surface area contributed by atoms with E-state index in [9.17, 15) is 21.9 Å². The SMILES string of the molecule is CC(C)(C)OC(=O)NC(C)(Cc1ccc(OS(=O)(=O)F)cc1)C(=O)OC(C)(C)C. The van der Waals surface area contributed by atoms with Gasteiger partial charge >= 0.3 is 22.6 Å². The van der Waals surface area contributed by atoms with Crippen LogP contribution in [0.5, 0.6) is 5.75 Å². The van der Waals surface area contributed by atoms with E-state index in [1.807, 2.05) is 0 Å². The maximum absolute atomic E-state index is 12.8. The van der Waals surface area contributed by atoms with Gasteiger partial charge in [-0.05, 0) is 66.2 Å². The maximum Gasteiger partial charge on any atom is 0.488 e. The first-order valence-corrected chi connectivity index (χ1v) is 10.2. The van der Waals surface area contributed by atoms with Gasteiger partial charge in [-0.3, -0.25) is 0 Å². The van der Waals surface area contributed by atoms with Crippen LogP contribution in [0, 0.1) is 0 Å². The summed E-state index contributed by atoms with van der Waals surface area (Å²) >= 11 is 0. The second kappa shape index (κ2) is 8.56. The number of nitrogens with one attached hydrogen (secondary N) is 1. The van der Waals surface area contributed by atoms with Crippen LogP contribution in [0.2, 0.25) is 0 Å². The Morgan fingerprint density at radius 3 is 1.83 bits per heavy atom.